The molecule has 0 unspecified atom stereocenters. The summed E-state index contributed by atoms with van der Waals surface area (Å²) in [5.41, 5.74) is 1.15. The van der Waals surface area contributed by atoms with Gasteiger partial charge >= 0.3 is 0 Å². The predicted molar refractivity (Wildman–Crippen MR) is 86.0 cm³/mol. The summed E-state index contributed by atoms with van der Waals surface area (Å²) in [6.07, 6.45) is 7.37. The lowest BCUT2D eigenvalue weighted by atomic mass is 10.1. The van der Waals surface area contributed by atoms with Gasteiger partial charge in [0.1, 0.15) is 11.5 Å². The number of benzene rings is 1. The summed E-state index contributed by atoms with van der Waals surface area (Å²) in [6.45, 7) is 4.13. The summed E-state index contributed by atoms with van der Waals surface area (Å²) in [6, 6.07) is 4.06. The van der Waals surface area contributed by atoms with Crippen LogP contribution in [0.3, 0.4) is 0 Å². The second kappa shape index (κ2) is 9.57. The van der Waals surface area contributed by atoms with Crippen LogP contribution in [0.4, 0.5) is 0 Å². The zero-order valence-electron chi connectivity index (χ0n) is 12.5. The highest BCUT2D eigenvalue weighted by molar-refractivity contribution is 7.99. The van der Waals surface area contributed by atoms with Crippen molar-refractivity contribution >= 4 is 11.8 Å². The molecule has 1 rings (SSSR count). The van der Waals surface area contributed by atoms with E-state index in [1.165, 1.54) is 0 Å². The average molecular weight is 293 g/mol. The number of hydrogen-bond donors (Lipinski definition) is 1. The van der Waals surface area contributed by atoms with E-state index in [0.29, 0.717) is 5.75 Å². The number of ether oxygens (including phenoxy) is 2. The molecule has 3 nitrogen and oxygen atoms in total. The maximum Gasteiger partial charge on any atom is 0.132 e. The molecule has 0 aromatic heterocycles. The van der Waals surface area contributed by atoms with Crippen LogP contribution in [0.25, 0.3) is 0 Å². The van der Waals surface area contributed by atoms with E-state index in [9.17, 15) is 0 Å². The molecule has 1 aromatic rings. The highest BCUT2D eigenvalue weighted by Crippen LogP contribution is 2.35. The lowest BCUT2D eigenvalue weighted by molar-refractivity contribution is 0.390. The van der Waals surface area contributed by atoms with Crippen LogP contribution in [-0.4, -0.2) is 33.1 Å². The van der Waals surface area contributed by atoms with Crippen molar-refractivity contribution in [2.75, 3.05) is 33.1 Å². The minimum absolute atomic E-state index is 0.622. The SMILES string of the molecule is C#CCSc1cc(OC)c(CCNCCC)cc1OC. The molecule has 0 aliphatic rings. The van der Waals surface area contributed by atoms with E-state index in [1.54, 1.807) is 26.0 Å². The van der Waals surface area contributed by atoms with Crippen molar-refractivity contribution in [2.24, 2.45) is 0 Å². The summed E-state index contributed by atoms with van der Waals surface area (Å²) in [5.74, 6) is 5.00. The highest BCUT2D eigenvalue weighted by Gasteiger charge is 2.11. The average Bonchev–Trinajstić information content (AvgIpc) is 2.49. The third-order valence-electron chi connectivity index (χ3n) is 2.88. The Morgan fingerprint density at radius 1 is 1.20 bits per heavy atom. The molecule has 20 heavy (non-hydrogen) atoms. The smallest absolute Gasteiger partial charge is 0.132 e. The largest absolute Gasteiger partial charge is 0.496 e. The predicted octanol–water partition coefficient (Wildman–Crippen LogP) is 2.97. The molecule has 0 heterocycles. The summed E-state index contributed by atoms with van der Waals surface area (Å²) >= 11 is 1.59. The van der Waals surface area contributed by atoms with Gasteiger partial charge in [-0.15, -0.1) is 18.2 Å². The van der Waals surface area contributed by atoms with E-state index in [4.69, 9.17) is 15.9 Å². The fraction of sp³-hybridized carbons (Fsp3) is 0.500. The molecule has 0 atom stereocenters. The quantitative estimate of drug-likeness (QED) is 0.431. The zero-order chi connectivity index (χ0) is 14.8. The molecule has 0 saturated carbocycles. The molecule has 110 valence electrons. The molecule has 0 aliphatic carbocycles. The van der Waals surface area contributed by atoms with Gasteiger partial charge in [-0.05, 0) is 43.6 Å². The van der Waals surface area contributed by atoms with Crippen LogP contribution < -0.4 is 14.8 Å². The van der Waals surface area contributed by atoms with Crippen molar-refractivity contribution in [3.8, 4) is 23.8 Å². The first-order chi connectivity index (χ1) is 9.76. The van der Waals surface area contributed by atoms with Gasteiger partial charge in [-0.2, -0.15) is 0 Å². The molecule has 0 radical (unpaired) electrons. The van der Waals surface area contributed by atoms with Crippen LogP contribution in [0.2, 0.25) is 0 Å². The number of terminal acetylenes is 1. The maximum atomic E-state index is 5.47. The molecular formula is C16H23NO2S. The fourth-order valence-corrected chi connectivity index (χ4v) is 2.60. The van der Waals surface area contributed by atoms with Gasteiger partial charge in [0.2, 0.25) is 0 Å². The Morgan fingerprint density at radius 3 is 2.55 bits per heavy atom. The number of methoxy groups -OCH3 is 2. The van der Waals surface area contributed by atoms with Gasteiger partial charge in [-0.3, -0.25) is 0 Å². The molecule has 0 spiro atoms. The monoisotopic (exact) mass is 293 g/mol. The van der Waals surface area contributed by atoms with Gasteiger partial charge in [0, 0.05) is 0 Å². The fourth-order valence-electron chi connectivity index (χ4n) is 1.89. The normalized spacial score (nSPS) is 10.1. The first-order valence-corrected chi connectivity index (χ1v) is 7.77. The van der Waals surface area contributed by atoms with Gasteiger partial charge in [0.25, 0.3) is 0 Å². The molecule has 1 aromatic carbocycles. The van der Waals surface area contributed by atoms with Gasteiger partial charge in [0.15, 0.2) is 0 Å². The molecule has 0 saturated heterocycles. The van der Waals surface area contributed by atoms with E-state index in [1.807, 2.05) is 12.1 Å². The minimum Gasteiger partial charge on any atom is -0.496 e. The first-order valence-electron chi connectivity index (χ1n) is 6.78. The van der Waals surface area contributed by atoms with Gasteiger partial charge in [-0.1, -0.05) is 12.8 Å². The van der Waals surface area contributed by atoms with Crippen LogP contribution in [0.5, 0.6) is 11.5 Å². The molecule has 0 amide bonds. The Morgan fingerprint density at radius 2 is 1.95 bits per heavy atom. The van der Waals surface area contributed by atoms with Crippen molar-refractivity contribution in [1.82, 2.24) is 5.32 Å². The standard InChI is InChI=1S/C16H23NO2S/c1-5-8-17-9-7-13-11-15(19-4)16(20-10-6-2)12-14(13)18-3/h2,11-12,17H,5,7-10H2,1,3-4H3. The molecule has 0 fully saturated rings. The topological polar surface area (TPSA) is 30.5 Å². The number of nitrogens with one attached hydrogen (secondary N) is 1. The van der Waals surface area contributed by atoms with E-state index < -0.39 is 0 Å². The second-order valence-corrected chi connectivity index (χ2v) is 5.32. The summed E-state index contributed by atoms with van der Waals surface area (Å²) in [4.78, 5) is 1.02. The number of thioether (sulfide) groups is 1. The third kappa shape index (κ3) is 4.99. The van der Waals surface area contributed by atoms with Crippen molar-refractivity contribution in [2.45, 2.75) is 24.7 Å². The number of rotatable bonds is 9. The van der Waals surface area contributed by atoms with Crippen molar-refractivity contribution < 1.29 is 9.47 Å². The van der Waals surface area contributed by atoms with Gasteiger partial charge in [0.05, 0.1) is 24.9 Å². The van der Waals surface area contributed by atoms with Crippen molar-refractivity contribution in [3.63, 3.8) is 0 Å². The Labute approximate surface area is 126 Å². The van der Waals surface area contributed by atoms with E-state index in [2.05, 4.69) is 18.2 Å². The molecule has 4 heteroatoms. The van der Waals surface area contributed by atoms with E-state index >= 15 is 0 Å². The van der Waals surface area contributed by atoms with Gasteiger partial charge < -0.3 is 14.8 Å². The third-order valence-corrected chi connectivity index (χ3v) is 3.82. The van der Waals surface area contributed by atoms with Crippen LogP contribution in [-0.2, 0) is 6.42 Å². The van der Waals surface area contributed by atoms with Crippen LogP contribution in [0.15, 0.2) is 17.0 Å². The van der Waals surface area contributed by atoms with Gasteiger partial charge in [-0.25, -0.2) is 0 Å². The summed E-state index contributed by atoms with van der Waals surface area (Å²) in [5, 5.41) is 3.39. The highest BCUT2D eigenvalue weighted by atomic mass is 32.2. The van der Waals surface area contributed by atoms with Crippen molar-refractivity contribution in [1.29, 1.82) is 0 Å². The molecule has 1 N–H and O–H groups in total. The Kier molecular flexibility index (Phi) is 8.01. The zero-order valence-corrected chi connectivity index (χ0v) is 13.3. The van der Waals surface area contributed by atoms with Crippen LogP contribution >= 0.6 is 11.8 Å². The Hall–Kier alpha value is -1.31. The lowest BCUT2D eigenvalue weighted by Gasteiger charge is -2.14. The van der Waals surface area contributed by atoms with Crippen molar-refractivity contribution in [3.05, 3.63) is 17.7 Å². The first kappa shape index (κ1) is 16.7. The maximum absolute atomic E-state index is 5.47. The Bertz CT molecular complexity index is 455. The minimum atomic E-state index is 0.622. The number of hydrogen-bond acceptors (Lipinski definition) is 4. The molecule has 0 aliphatic heterocycles. The van der Waals surface area contributed by atoms with E-state index in [0.717, 1.165) is 47.9 Å². The lowest BCUT2D eigenvalue weighted by Crippen LogP contribution is -2.18. The van der Waals surface area contributed by atoms with Crippen LogP contribution in [0, 0.1) is 12.3 Å². The Balaban J connectivity index is 2.85. The molecule has 0 bridgehead atoms. The van der Waals surface area contributed by atoms with Crippen LogP contribution in [0.1, 0.15) is 18.9 Å². The second-order valence-electron chi connectivity index (χ2n) is 4.31. The summed E-state index contributed by atoms with van der Waals surface area (Å²) < 4.78 is 10.9. The summed E-state index contributed by atoms with van der Waals surface area (Å²) in [7, 11) is 3.38. The van der Waals surface area contributed by atoms with E-state index in [-0.39, 0.29) is 0 Å². The molecular weight excluding hydrogens is 270 g/mol.